The molecule has 1 aliphatic heterocycles. The van der Waals surface area contributed by atoms with Gasteiger partial charge < -0.3 is 15.0 Å². The summed E-state index contributed by atoms with van der Waals surface area (Å²) in [6, 6.07) is 4.31. The monoisotopic (exact) mass is 330 g/mol. The molecule has 0 spiro atoms. The highest BCUT2D eigenvalue weighted by atomic mass is 19.4. The van der Waals surface area contributed by atoms with Crippen molar-refractivity contribution in [3.05, 3.63) is 29.8 Å². The van der Waals surface area contributed by atoms with Gasteiger partial charge in [0, 0.05) is 18.8 Å². The van der Waals surface area contributed by atoms with E-state index in [-0.39, 0.29) is 18.2 Å². The number of anilines is 1. The summed E-state index contributed by atoms with van der Waals surface area (Å²) in [6.45, 7) is 0.781. The number of ether oxygens (including phenoxy) is 1. The van der Waals surface area contributed by atoms with E-state index in [1.54, 1.807) is 4.90 Å². The number of nitrogens with zero attached hydrogens (tertiary/aromatic N) is 1. The smallest absolute Gasteiger partial charge is 0.362 e. The molecule has 2 amide bonds. The van der Waals surface area contributed by atoms with Gasteiger partial charge in [0.1, 0.15) is 13.2 Å². The molecule has 1 aromatic carbocycles. The first kappa shape index (κ1) is 17.3. The summed E-state index contributed by atoms with van der Waals surface area (Å²) in [6.07, 6.45) is -2.55. The molecule has 0 saturated carbocycles. The Hall–Kier alpha value is -2.09. The van der Waals surface area contributed by atoms with Crippen LogP contribution in [0.15, 0.2) is 24.3 Å². The van der Waals surface area contributed by atoms with Crippen molar-refractivity contribution in [2.24, 2.45) is 0 Å². The van der Waals surface area contributed by atoms with Gasteiger partial charge in [-0.1, -0.05) is 6.07 Å². The molecular weight excluding hydrogens is 313 g/mol. The lowest BCUT2D eigenvalue weighted by molar-refractivity contribution is -0.138. The Morgan fingerprint density at radius 2 is 1.87 bits per heavy atom. The first-order chi connectivity index (χ1) is 10.9. The first-order valence-electron chi connectivity index (χ1n) is 7.19. The summed E-state index contributed by atoms with van der Waals surface area (Å²) in [7, 11) is 0. The van der Waals surface area contributed by atoms with Gasteiger partial charge in [0.15, 0.2) is 0 Å². The molecule has 0 bridgehead atoms. The Morgan fingerprint density at radius 1 is 1.17 bits per heavy atom. The third kappa shape index (κ3) is 5.24. The number of alkyl halides is 3. The van der Waals surface area contributed by atoms with Gasteiger partial charge in [-0.3, -0.25) is 9.59 Å². The summed E-state index contributed by atoms with van der Waals surface area (Å²) in [5.41, 5.74) is -0.820. The Kier molecular flexibility index (Phi) is 5.59. The van der Waals surface area contributed by atoms with E-state index in [2.05, 4.69) is 5.32 Å². The first-order valence-corrected chi connectivity index (χ1v) is 7.19. The van der Waals surface area contributed by atoms with E-state index in [1.807, 2.05) is 0 Å². The van der Waals surface area contributed by atoms with Crippen LogP contribution in [-0.4, -0.2) is 43.0 Å². The Morgan fingerprint density at radius 3 is 2.52 bits per heavy atom. The number of carbonyl (C=O) groups is 2. The molecular formula is C15H17F3N2O3. The summed E-state index contributed by atoms with van der Waals surface area (Å²) in [4.78, 5) is 25.0. The molecule has 1 saturated heterocycles. The van der Waals surface area contributed by atoms with E-state index in [0.717, 1.165) is 25.0 Å². The highest BCUT2D eigenvalue weighted by molar-refractivity contribution is 5.92. The van der Waals surface area contributed by atoms with Crippen LogP contribution in [-0.2, 0) is 20.5 Å². The number of nitrogens with one attached hydrogen (secondary N) is 1. The molecule has 0 atom stereocenters. The van der Waals surface area contributed by atoms with Gasteiger partial charge in [-0.15, -0.1) is 0 Å². The van der Waals surface area contributed by atoms with Crippen LogP contribution in [0.2, 0.25) is 0 Å². The number of carbonyl (C=O) groups excluding carboxylic acids is 2. The topological polar surface area (TPSA) is 58.6 Å². The highest BCUT2D eigenvalue weighted by Gasteiger charge is 2.30. The number of likely N-dealkylation sites (tertiary alicyclic amines) is 1. The van der Waals surface area contributed by atoms with E-state index >= 15 is 0 Å². The van der Waals surface area contributed by atoms with Crippen molar-refractivity contribution in [1.29, 1.82) is 0 Å². The zero-order valence-corrected chi connectivity index (χ0v) is 12.4. The molecule has 1 aromatic rings. The average Bonchev–Trinajstić information content (AvgIpc) is 3.00. The van der Waals surface area contributed by atoms with Crippen LogP contribution in [0.3, 0.4) is 0 Å². The largest absolute Gasteiger partial charge is 0.416 e. The number of hydrogen-bond acceptors (Lipinski definition) is 3. The van der Waals surface area contributed by atoms with Gasteiger partial charge in [0.05, 0.1) is 5.56 Å². The quantitative estimate of drug-likeness (QED) is 0.901. The summed E-state index contributed by atoms with van der Waals surface area (Å²) in [5.74, 6) is -0.798. The van der Waals surface area contributed by atoms with Crippen molar-refractivity contribution in [2.45, 2.75) is 19.0 Å². The molecule has 126 valence electrons. The summed E-state index contributed by atoms with van der Waals surface area (Å²) < 4.78 is 42.7. The molecule has 0 aromatic heterocycles. The molecule has 5 nitrogen and oxygen atoms in total. The van der Waals surface area contributed by atoms with Crippen molar-refractivity contribution < 1.29 is 27.5 Å². The van der Waals surface area contributed by atoms with Crippen molar-refractivity contribution in [3.8, 4) is 0 Å². The lowest BCUT2D eigenvalue weighted by Gasteiger charge is -2.15. The van der Waals surface area contributed by atoms with Crippen LogP contribution in [0.4, 0.5) is 18.9 Å². The third-order valence-corrected chi connectivity index (χ3v) is 3.39. The predicted octanol–water partition coefficient (Wildman–Crippen LogP) is 2.28. The molecule has 1 N–H and O–H groups in total. The van der Waals surface area contributed by atoms with E-state index in [1.165, 1.54) is 12.1 Å². The number of amides is 2. The molecule has 1 heterocycles. The van der Waals surface area contributed by atoms with Crippen LogP contribution in [0.5, 0.6) is 0 Å². The molecule has 0 radical (unpaired) electrons. The minimum Gasteiger partial charge on any atom is -0.362 e. The van der Waals surface area contributed by atoms with Crippen LogP contribution in [0.1, 0.15) is 18.4 Å². The van der Waals surface area contributed by atoms with E-state index in [4.69, 9.17) is 4.74 Å². The zero-order valence-electron chi connectivity index (χ0n) is 12.4. The predicted molar refractivity (Wildman–Crippen MR) is 76.7 cm³/mol. The lowest BCUT2D eigenvalue weighted by atomic mass is 10.2. The minimum absolute atomic E-state index is 0.0271. The second-order valence-corrected chi connectivity index (χ2v) is 5.21. The zero-order chi connectivity index (χ0) is 16.9. The number of hydrogen-bond donors (Lipinski definition) is 1. The fourth-order valence-electron chi connectivity index (χ4n) is 2.26. The second-order valence-electron chi connectivity index (χ2n) is 5.21. The molecule has 1 fully saturated rings. The maximum atomic E-state index is 12.6. The van der Waals surface area contributed by atoms with Crippen molar-refractivity contribution in [3.63, 3.8) is 0 Å². The SMILES string of the molecule is O=C(COCC(=O)N1CCCC1)Nc1cccc(C(F)(F)F)c1. The van der Waals surface area contributed by atoms with Crippen molar-refractivity contribution in [1.82, 2.24) is 4.90 Å². The maximum Gasteiger partial charge on any atom is 0.416 e. The fourth-order valence-corrected chi connectivity index (χ4v) is 2.26. The molecule has 0 aliphatic carbocycles. The highest BCUT2D eigenvalue weighted by Crippen LogP contribution is 2.30. The Balaban J connectivity index is 1.77. The second kappa shape index (κ2) is 7.45. The van der Waals surface area contributed by atoms with E-state index < -0.39 is 24.3 Å². The lowest BCUT2D eigenvalue weighted by Crippen LogP contribution is -2.32. The number of benzene rings is 1. The van der Waals surface area contributed by atoms with E-state index in [9.17, 15) is 22.8 Å². The van der Waals surface area contributed by atoms with Gasteiger partial charge in [0.25, 0.3) is 0 Å². The summed E-state index contributed by atoms with van der Waals surface area (Å²) >= 11 is 0. The van der Waals surface area contributed by atoms with E-state index in [0.29, 0.717) is 13.1 Å². The molecule has 8 heteroatoms. The van der Waals surface area contributed by atoms with Crippen LogP contribution in [0, 0.1) is 0 Å². The number of halogens is 3. The van der Waals surface area contributed by atoms with Crippen LogP contribution in [0.25, 0.3) is 0 Å². The van der Waals surface area contributed by atoms with Gasteiger partial charge >= 0.3 is 6.18 Å². The van der Waals surface area contributed by atoms with Gasteiger partial charge in [-0.25, -0.2) is 0 Å². The van der Waals surface area contributed by atoms with Gasteiger partial charge in [0.2, 0.25) is 11.8 Å². The molecule has 0 unspecified atom stereocenters. The van der Waals surface area contributed by atoms with Crippen LogP contribution < -0.4 is 5.32 Å². The van der Waals surface area contributed by atoms with Crippen LogP contribution >= 0.6 is 0 Å². The minimum atomic E-state index is -4.47. The van der Waals surface area contributed by atoms with Crippen molar-refractivity contribution in [2.75, 3.05) is 31.6 Å². The summed E-state index contributed by atoms with van der Waals surface area (Å²) in [5, 5.41) is 2.31. The van der Waals surface area contributed by atoms with Gasteiger partial charge in [-0.05, 0) is 31.0 Å². The molecule has 1 aliphatic rings. The Bertz CT molecular complexity index is 569. The normalized spacial score (nSPS) is 14.8. The molecule has 2 rings (SSSR count). The third-order valence-electron chi connectivity index (χ3n) is 3.39. The fraction of sp³-hybridized carbons (Fsp3) is 0.467. The average molecular weight is 330 g/mol. The number of rotatable bonds is 5. The molecule has 23 heavy (non-hydrogen) atoms. The van der Waals surface area contributed by atoms with Gasteiger partial charge in [-0.2, -0.15) is 13.2 Å². The maximum absolute atomic E-state index is 12.6. The Labute approximate surface area is 131 Å². The van der Waals surface area contributed by atoms with Crippen molar-refractivity contribution >= 4 is 17.5 Å². The standard InChI is InChI=1S/C15H17F3N2O3/c16-15(17,18)11-4-3-5-12(8-11)19-13(21)9-23-10-14(22)20-6-1-2-7-20/h3-5,8H,1-2,6-7,9-10H2,(H,19,21).